The van der Waals surface area contributed by atoms with Crippen molar-refractivity contribution < 1.29 is 0 Å². The van der Waals surface area contributed by atoms with Crippen LogP contribution < -0.4 is 0 Å². The molecule has 3 rings (SSSR count). The molecule has 5 heteroatoms. The van der Waals surface area contributed by atoms with Gasteiger partial charge in [0.15, 0.2) is 0 Å². The van der Waals surface area contributed by atoms with Gasteiger partial charge in [-0.15, -0.1) is 11.3 Å². The molecule has 2 heterocycles. The van der Waals surface area contributed by atoms with E-state index in [4.69, 9.17) is 4.98 Å². The first kappa shape index (κ1) is 13.9. The highest BCUT2D eigenvalue weighted by atomic mass is 79.9. The molecule has 0 unspecified atom stereocenters. The second-order valence-electron chi connectivity index (χ2n) is 4.24. The van der Waals surface area contributed by atoms with Crippen molar-refractivity contribution in [3.8, 4) is 22.0 Å². The first-order chi connectivity index (χ1) is 9.66. The van der Waals surface area contributed by atoms with Gasteiger partial charge in [-0.2, -0.15) is 0 Å². The van der Waals surface area contributed by atoms with E-state index in [-0.39, 0.29) is 0 Å². The Morgan fingerprint density at radius 1 is 0.950 bits per heavy atom. The van der Waals surface area contributed by atoms with Gasteiger partial charge in [-0.3, -0.25) is 4.98 Å². The average Bonchev–Trinajstić information content (AvgIpc) is 2.81. The second-order valence-corrected chi connectivity index (χ2v) is 7.15. The number of hydrogen-bond acceptors (Lipinski definition) is 3. The predicted molar refractivity (Wildman–Crippen MR) is 90.9 cm³/mol. The van der Waals surface area contributed by atoms with Crippen molar-refractivity contribution in [3.63, 3.8) is 0 Å². The lowest BCUT2D eigenvalue weighted by atomic mass is 10.1. The average molecular weight is 410 g/mol. The monoisotopic (exact) mass is 408 g/mol. The summed E-state index contributed by atoms with van der Waals surface area (Å²) >= 11 is 8.78. The van der Waals surface area contributed by atoms with Gasteiger partial charge in [0.05, 0.1) is 5.69 Å². The first-order valence-electron chi connectivity index (χ1n) is 6.00. The van der Waals surface area contributed by atoms with E-state index in [0.29, 0.717) is 0 Å². The summed E-state index contributed by atoms with van der Waals surface area (Å²) < 4.78 is 2.02. The molecular weight excluding hydrogens is 400 g/mol. The molecule has 0 radical (unpaired) electrons. The van der Waals surface area contributed by atoms with E-state index in [1.54, 1.807) is 17.5 Å². The van der Waals surface area contributed by atoms with Crippen LogP contribution in [0.25, 0.3) is 22.0 Å². The zero-order chi connectivity index (χ0) is 14.1. The van der Waals surface area contributed by atoms with Crippen molar-refractivity contribution in [2.45, 2.75) is 6.92 Å². The Hall–Kier alpha value is -1.04. The van der Waals surface area contributed by atoms with E-state index in [2.05, 4.69) is 49.8 Å². The summed E-state index contributed by atoms with van der Waals surface area (Å²) in [6.07, 6.45) is 1.79. The first-order valence-corrected chi connectivity index (χ1v) is 8.40. The molecule has 2 nitrogen and oxygen atoms in total. The quantitative estimate of drug-likeness (QED) is 0.542. The van der Waals surface area contributed by atoms with Crippen LogP contribution in [0.4, 0.5) is 0 Å². The van der Waals surface area contributed by atoms with Gasteiger partial charge in [-0.25, -0.2) is 4.98 Å². The zero-order valence-electron chi connectivity index (χ0n) is 10.6. The smallest absolute Gasteiger partial charge is 0.143 e. The zero-order valence-corrected chi connectivity index (χ0v) is 14.6. The minimum Gasteiger partial charge on any atom is -0.253 e. The third-order valence-electron chi connectivity index (χ3n) is 2.89. The topological polar surface area (TPSA) is 25.8 Å². The Labute approximate surface area is 138 Å². The van der Waals surface area contributed by atoms with E-state index in [0.717, 1.165) is 30.9 Å². The predicted octanol–water partition coefficient (Wildman–Crippen LogP) is 5.71. The number of nitrogens with zero attached hydrogens (tertiary/aromatic N) is 2. The maximum atomic E-state index is 4.77. The Bertz CT molecular complexity index is 768. The molecule has 1 aromatic carbocycles. The van der Waals surface area contributed by atoms with Crippen molar-refractivity contribution in [1.82, 2.24) is 9.97 Å². The summed E-state index contributed by atoms with van der Waals surface area (Å²) in [7, 11) is 0. The molecule has 0 spiro atoms. The lowest BCUT2D eigenvalue weighted by Gasteiger charge is -2.01. The SMILES string of the molecule is Cc1sc(-c2ncccc2Br)nc1-c1ccccc1Br. The number of rotatable bonds is 2. The summed E-state index contributed by atoms with van der Waals surface area (Å²) in [5, 5.41) is 0.931. The van der Waals surface area contributed by atoms with Crippen LogP contribution in [-0.2, 0) is 0 Å². The maximum Gasteiger partial charge on any atom is 0.143 e. The van der Waals surface area contributed by atoms with Crippen LogP contribution in [0.1, 0.15) is 4.88 Å². The maximum absolute atomic E-state index is 4.77. The van der Waals surface area contributed by atoms with Crippen molar-refractivity contribution in [1.29, 1.82) is 0 Å². The van der Waals surface area contributed by atoms with Gasteiger partial charge in [0.1, 0.15) is 10.7 Å². The van der Waals surface area contributed by atoms with Gasteiger partial charge in [0.2, 0.25) is 0 Å². The van der Waals surface area contributed by atoms with Crippen LogP contribution in [0.5, 0.6) is 0 Å². The normalized spacial score (nSPS) is 10.8. The lowest BCUT2D eigenvalue weighted by Crippen LogP contribution is -1.85. The second kappa shape index (κ2) is 5.76. The molecule has 0 bridgehead atoms. The van der Waals surface area contributed by atoms with Crippen molar-refractivity contribution in [3.05, 3.63) is 56.4 Å². The number of halogens is 2. The molecule has 0 aliphatic rings. The molecule has 0 saturated carbocycles. The summed E-state index contributed by atoms with van der Waals surface area (Å²) in [6.45, 7) is 2.09. The van der Waals surface area contributed by atoms with Gasteiger partial charge in [0.25, 0.3) is 0 Å². The molecule has 0 N–H and O–H groups in total. The Morgan fingerprint density at radius 2 is 1.70 bits per heavy atom. The molecule has 0 atom stereocenters. The van der Waals surface area contributed by atoms with E-state index >= 15 is 0 Å². The van der Waals surface area contributed by atoms with Gasteiger partial charge in [-0.05, 0) is 41.1 Å². The van der Waals surface area contributed by atoms with Crippen LogP contribution in [0, 0.1) is 6.92 Å². The van der Waals surface area contributed by atoms with E-state index in [1.807, 2.05) is 30.3 Å². The van der Waals surface area contributed by atoms with Gasteiger partial charge in [0, 0.05) is 25.6 Å². The van der Waals surface area contributed by atoms with Gasteiger partial charge < -0.3 is 0 Å². The van der Waals surface area contributed by atoms with E-state index in [9.17, 15) is 0 Å². The molecule has 0 fully saturated rings. The summed E-state index contributed by atoms with van der Waals surface area (Å²) in [4.78, 5) is 10.4. The molecule has 2 aromatic heterocycles. The number of aryl methyl sites for hydroxylation is 1. The van der Waals surface area contributed by atoms with E-state index < -0.39 is 0 Å². The molecule has 0 aliphatic heterocycles. The number of aromatic nitrogens is 2. The van der Waals surface area contributed by atoms with E-state index in [1.165, 1.54) is 4.88 Å². The highest BCUT2D eigenvalue weighted by Crippen LogP contribution is 2.37. The minimum absolute atomic E-state index is 0.888. The van der Waals surface area contributed by atoms with Crippen LogP contribution in [0.15, 0.2) is 51.5 Å². The number of benzene rings is 1. The summed E-state index contributed by atoms with van der Waals surface area (Å²) in [5.41, 5.74) is 3.01. The van der Waals surface area contributed by atoms with Crippen LogP contribution in [-0.4, -0.2) is 9.97 Å². The van der Waals surface area contributed by atoms with Crippen molar-refractivity contribution in [2.24, 2.45) is 0 Å². The third kappa shape index (κ3) is 2.57. The fraction of sp³-hybridized carbons (Fsp3) is 0.0667. The Morgan fingerprint density at radius 3 is 2.45 bits per heavy atom. The van der Waals surface area contributed by atoms with Crippen LogP contribution in [0.2, 0.25) is 0 Å². The molecule has 100 valence electrons. The Balaban J connectivity index is 2.13. The fourth-order valence-electron chi connectivity index (χ4n) is 1.94. The number of pyridine rings is 1. The molecule has 0 aliphatic carbocycles. The minimum atomic E-state index is 0.888. The molecule has 0 saturated heterocycles. The molecular formula is C15H10Br2N2S. The van der Waals surface area contributed by atoms with Crippen LogP contribution in [0.3, 0.4) is 0 Å². The molecule has 0 amide bonds. The Kier molecular flexibility index (Phi) is 4.01. The van der Waals surface area contributed by atoms with Crippen molar-refractivity contribution >= 4 is 43.2 Å². The largest absolute Gasteiger partial charge is 0.253 e. The third-order valence-corrected chi connectivity index (χ3v) is 5.20. The van der Waals surface area contributed by atoms with Gasteiger partial charge >= 0.3 is 0 Å². The number of thiazole rings is 1. The van der Waals surface area contributed by atoms with Crippen LogP contribution >= 0.6 is 43.2 Å². The summed E-state index contributed by atoms with van der Waals surface area (Å²) in [5.74, 6) is 0. The highest BCUT2D eigenvalue weighted by Gasteiger charge is 2.15. The standard InChI is InChI=1S/C15H10Br2N2S/c1-9-13(10-5-2-3-6-11(10)16)19-15(20-9)14-12(17)7-4-8-18-14/h2-8H,1H3. The molecule has 3 aromatic rings. The highest BCUT2D eigenvalue weighted by molar-refractivity contribution is 9.11. The lowest BCUT2D eigenvalue weighted by molar-refractivity contribution is 1.27. The summed E-state index contributed by atoms with van der Waals surface area (Å²) in [6, 6.07) is 12.0. The fourth-order valence-corrected chi connectivity index (χ4v) is 3.93. The van der Waals surface area contributed by atoms with Crippen molar-refractivity contribution in [2.75, 3.05) is 0 Å². The van der Waals surface area contributed by atoms with Gasteiger partial charge in [-0.1, -0.05) is 34.1 Å². The number of hydrogen-bond donors (Lipinski definition) is 0. The molecule has 20 heavy (non-hydrogen) atoms.